The lowest BCUT2D eigenvalue weighted by atomic mass is 9.93. The fourth-order valence-electron chi connectivity index (χ4n) is 2.57. The summed E-state index contributed by atoms with van der Waals surface area (Å²) in [5, 5.41) is 0. The van der Waals surface area contributed by atoms with Crippen LogP contribution in [0.15, 0.2) is 85.6 Å². The first-order valence-corrected chi connectivity index (χ1v) is 7.10. The van der Waals surface area contributed by atoms with Crippen LogP contribution in [0.1, 0.15) is 5.56 Å². The predicted molar refractivity (Wildman–Crippen MR) is 89.0 cm³/mol. The molecule has 2 aromatic carbocycles. The Morgan fingerprint density at radius 1 is 0.810 bits per heavy atom. The highest BCUT2D eigenvalue weighted by atomic mass is 14.7. The van der Waals surface area contributed by atoms with Gasteiger partial charge in [0.1, 0.15) is 0 Å². The summed E-state index contributed by atoms with van der Waals surface area (Å²) in [6.07, 6.45) is 4.66. The topological polar surface area (TPSA) is 12.9 Å². The van der Waals surface area contributed by atoms with Gasteiger partial charge in [0.15, 0.2) is 0 Å². The SMILES string of the molecule is C=CCc1ccnc(-c2ccccc2)c1-c1ccccc1. The Kier molecular flexibility index (Phi) is 3.92. The highest BCUT2D eigenvalue weighted by Gasteiger charge is 2.12. The molecule has 0 radical (unpaired) electrons. The second kappa shape index (κ2) is 6.19. The van der Waals surface area contributed by atoms with Crippen molar-refractivity contribution in [1.82, 2.24) is 4.98 Å². The first-order chi connectivity index (χ1) is 10.4. The van der Waals surface area contributed by atoms with Crippen molar-refractivity contribution in [3.63, 3.8) is 0 Å². The molecule has 21 heavy (non-hydrogen) atoms. The van der Waals surface area contributed by atoms with Gasteiger partial charge >= 0.3 is 0 Å². The summed E-state index contributed by atoms with van der Waals surface area (Å²) >= 11 is 0. The summed E-state index contributed by atoms with van der Waals surface area (Å²) in [5.41, 5.74) is 5.82. The number of rotatable bonds is 4. The van der Waals surface area contributed by atoms with Gasteiger partial charge in [0.25, 0.3) is 0 Å². The third-order valence-electron chi connectivity index (χ3n) is 3.51. The molecule has 0 N–H and O–H groups in total. The van der Waals surface area contributed by atoms with Gasteiger partial charge in [-0.15, -0.1) is 6.58 Å². The van der Waals surface area contributed by atoms with E-state index >= 15 is 0 Å². The van der Waals surface area contributed by atoms with Gasteiger partial charge < -0.3 is 0 Å². The van der Waals surface area contributed by atoms with E-state index in [1.165, 1.54) is 16.7 Å². The zero-order chi connectivity index (χ0) is 14.5. The number of aromatic nitrogens is 1. The molecular formula is C20H17N. The van der Waals surface area contributed by atoms with Gasteiger partial charge in [0.05, 0.1) is 5.69 Å². The maximum atomic E-state index is 4.63. The van der Waals surface area contributed by atoms with E-state index < -0.39 is 0 Å². The summed E-state index contributed by atoms with van der Waals surface area (Å²) in [7, 11) is 0. The standard InChI is InChI=1S/C20H17N/c1-2-9-16-14-15-21-20(18-12-7-4-8-13-18)19(16)17-10-5-3-6-11-17/h2-8,10-15H,1,9H2. The summed E-state index contributed by atoms with van der Waals surface area (Å²) in [4.78, 5) is 4.63. The largest absolute Gasteiger partial charge is 0.256 e. The quantitative estimate of drug-likeness (QED) is 0.598. The number of benzene rings is 2. The summed E-state index contributed by atoms with van der Waals surface area (Å²) in [6, 6.07) is 22.8. The van der Waals surface area contributed by atoms with E-state index in [0.717, 1.165) is 17.7 Å². The van der Waals surface area contributed by atoms with Crippen LogP contribution in [0, 0.1) is 0 Å². The highest BCUT2D eigenvalue weighted by molar-refractivity contribution is 5.83. The van der Waals surface area contributed by atoms with Crippen LogP contribution in [0.2, 0.25) is 0 Å². The molecule has 0 saturated carbocycles. The van der Waals surface area contributed by atoms with Crippen molar-refractivity contribution in [2.24, 2.45) is 0 Å². The van der Waals surface area contributed by atoms with Crippen LogP contribution in [0.4, 0.5) is 0 Å². The first kappa shape index (κ1) is 13.3. The van der Waals surface area contributed by atoms with E-state index in [9.17, 15) is 0 Å². The molecule has 0 bridgehead atoms. The zero-order valence-corrected chi connectivity index (χ0v) is 11.9. The van der Waals surface area contributed by atoms with Gasteiger partial charge in [-0.05, 0) is 23.6 Å². The Hall–Kier alpha value is -2.67. The zero-order valence-electron chi connectivity index (χ0n) is 11.9. The Balaban J connectivity index is 2.25. The molecule has 1 heteroatoms. The summed E-state index contributed by atoms with van der Waals surface area (Å²) < 4.78 is 0. The first-order valence-electron chi connectivity index (χ1n) is 7.10. The fraction of sp³-hybridized carbons (Fsp3) is 0.0500. The normalized spacial score (nSPS) is 10.3. The predicted octanol–water partition coefficient (Wildman–Crippen LogP) is 5.14. The average Bonchev–Trinajstić information content (AvgIpc) is 2.56. The highest BCUT2D eigenvalue weighted by Crippen LogP contribution is 2.33. The molecule has 0 aliphatic heterocycles. The van der Waals surface area contributed by atoms with Crippen molar-refractivity contribution < 1.29 is 0 Å². The Morgan fingerprint density at radius 3 is 2.05 bits per heavy atom. The van der Waals surface area contributed by atoms with E-state index in [1.54, 1.807) is 0 Å². The van der Waals surface area contributed by atoms with Crippen molar-refractivity contribution in [3.05, 3.63) is 91.1 Å². The minimum absolute atomic E-state index is 0.840. The van der Waals surface area contributed by atoms with E-state index in [2.05, 4.69) is 54.0 Å². The van der Waals surface area contributed by atoms with Gasteiger partial charge in [-0.1, -0.05) is 66.7 Å². The molecule has 0 amide bonds. The Bertz CT molecular complexity index is 730. The van der Waals surface area contributed by atoms with E-state index in [0.29, 0.717) is 0 Å². The van der Waals surface area contributed by atoms with Crippen molar-refractivity contribution in [2.75, 3.05) is 0 Å². The molecule has 1 heterocycles. The van der Waals surface area contributed by atoms with E-state index in [4.69, 9.17) is 0 Å². The number of hydrogen-bond donors (Lipinski definition) is 0. The van der Waals surface area contributed by atoms with Crippen LogP contribution in [-0.4, -0.2) is 4.98 Å². The van der Waals surface area contributed by atoms with Crippen molar-refractivity contribution in [1.29, 1.82) is 0 Å². The van der Waals surface area contributed by atoms with Crippen molar-refractivity contribution in [3.8, 4) is 22.4 Å². The van der Waals surface area contributed by atoms with Crippen LogP contribution in [-0.2, 0) is 6.42 Å². The van der Waals surface area contributed by atoms with Crippen LogP contribution in [0.3, 0.4) is 0 Å². The minimum Gasteiger partial charge on any atom is -0.256 e. The maximum absolute atomic E-state index is 4.63. The lowest BCUT2D eigenvalue weighted by Crippen LogP contribution is -1.95. The van der Waals surface area contributed by atoms with Crippen molar-refractivity contribution in [2.45, 2.75) is 6.42 Å². The molecule has 0 aliphatic carbocycles. The lowest BCUT2D eigenvalue weighted by Gasteiger charge is -2.13. The van der Waals surface area contributed by atoms with Crippen LogP contribution < -0.4 is 0 Å². The molecule has 1 aromatic heterocycles. The van der Waals surface area contributed by atoms with Crippen LogP contribution in [0.25, 0.3) is 22.4 Å². The number of allylic oxidation sites excluding steroid dienone is 1. The Morgan fingerprint density at radius 2 is 1.43 bits per heavy atom. The molecule has 3 rings (SSSR count). The molecule has 1 nitrogen and oxygen atoms in total. The lowest BCUT2D eigenvalue weighted by molar-refractivity contribution is 1.22. The smallest absolute Gasteiger partial charge is 0.0783 e. The van der Waals surface area contributed by atoms with Gasteiger partial charge in [-0.25, -0.2) is 0 Å². The van der Waals surface area contributed by atoms with Crippen LogP contribution in [0.5, 0.6) is 0 Å². The minimum atomic E-state index is 0.840. The van der Waals surface area contributed by atoms with Gasteiger partial charge in [0, 0.05) is 17.3 Å². The summed E-state index contributed by atoms with van der Waals surface area (Å²) in [6.45, 7) is 3.87. The average molecular weight is 271 g/mol. The van der Waals surface area contributed by atoms with Crippen LogP contribution >= 0.6 is 0 Å². The number of pyridine rings is 1. The molecular weight excluding hydrogens is 254 g/mol. The second-order valence-corrected chi connectivity index (χ2v) is 4.92. The van der Waals surface area contributed by atoms with E-state index in [-0.39, 0.29) is 0 Å². The number of nitrogens with zero attached hydrogens (tertiary/aromatic N) is 1. The molecule has 0 atom stereocenters. The molecule has 3 aromatic rings. The van der Waals surface area contributed by atoms with Gasteiger partial charge in [-0.3, -0.25) is 4.98 Å². The van der Waals surface area contributed by atoms with Gasteiger partial charge in [-0.2, -0.15) is 0 Å². The number of hydrogen-bond acceptors (Lipinski definition) is 1. The molecule has 0 fully saturated rings. The second-order valence-electron chi connectivity index (χ2n) is 4.92. The summed E-state index contributed by atoms with van der Waals surface area (Å²) in [5.74, 6) is 0. The molecule has 0 spiro atoms. The monoisotopic (exact) mass is 271 g/mol. The third kappa shape index (κ3) is 2.77. The third-order valence-corrected chi connectivity index (χ3v) is 3.51. The van der Waals surface area contributed by atoms with Crippen molar-refractivity contribution >= 4 is 0 Å². The molecule has 0 aliphatic rings. The fourth-order valence-corrected chi connectivity index (χ4v) is 2.57. The molecule has 0 saturated heterocycles. The maximum Gasteiger partial charge on any atom is 0.0783 e. The van der Waals surface area contributed by atoms with E-state index in [1.807, 2.05) is 36.5 Å². The van der Waals surface area contributed by atoms with Gasteiger partial charge in [0.2, 0.25) is 0 Å². The molecule has 102 valence electrons. The Labute approximate surface area is 125 Å². The molecule has 0 unspecified atom stereocenters.